The molecule has 0 bridgehead atoms. The van der Waals surface area contributed by atoms with Crippen LogP contribution in [0.4, 0.5) is 10.5 Å². The van der Waals surface area contributed by atoms with Crippen molar-refractivity contribution in [3.8, 4) is 0 Å². The molecule has 0 atom stereocenters. The molecule has 0 fully saturated rings. The summed E-state index contributed by atoms with van der Waals surface area (Å²) in [5, 5.41) is 10.00. The van der Waals surface area contributed by atoms with Gasteiger partial charge in [-0.05, 0) is 48.6 Å². The van der Waals surface area contributed by atoms with E-state index in [0.29, 0.717) is 12.2 Å². The highest BCUT2D eigenvalue weighted by Gasteiger charge is 2.07. The zero-order valence-corrected chi connectivity index (χ0v) is 13.4. The summed E-state index contributed by atoms with van der Waals surface area (Å²) in [6.07, 6.45) is 0. The van der Waals surface area contributed by atoms with Crippen molar-refractivity contribution in [2.24, 2.45) is 0 Å². The molecule has 0 aliphatic heterocycles. The van der Waals surface area contributed by atoms with Crippen LogP contribution in [0, 0.1) is 13.8 Å². The highest BCUT2D eigenvalue weighted by Crippen LogP contribution is 2.14. The third kappa shape index (κ3) is 4.89. The minimum absolute atomic E-state index is 0.0535. The lowest BCUT2D eigenvalue weighted by Crippen LogP contribution is -2.38. The van der Waals surface area contributed by atoms with Gasteiger partial charge in [-0.25, -0.2) is 4.79 Å². The molecular weight excluding hydrogens is 298 g/mol. The monoisotopic (exact) mass is 317 g/mol. The van der Waals surface area contributed by atoms with E-state index < -0.39 is 6.03 Å². The predicted octanol–water partition coefficient (Wildman–Crippen LogP) is 2.80. The van der Waals surface area contributed by atoms with Gasteiger partial charge in [-0.1, -0.05) is 12.1 Å². The average molecular weight is 317 g/mol. The van der Waals surface area contributed by atoms with Gasteiger partial charge in [0.15, 0.2) is 0 Å². The average Bonchev–Trinajstić information content (AvgIpc) is 2.88. The van der Waals surface area contributed by atoms with Crippen LogP contribution < -0.4 is 16.0 Å². The van der Waals surface area contributed by atoms with Crippen LogP contribution in [0.2, 0.25) is 0 Å². The molecule has 1 aromatic heterocycles. The van der Waals surface area contributed by atoms with Crippen LogP contribution in [0.5, 0.6) is 0 Å². The lowest BCUT2D eigenvalue weighted by atomic mass is 10.2. The first-order chi connectivity index (χ1) is 10.5. The Balaban J connectivity index is 1.71. The lowest BCUT2D eigenvalue weighted by molar-refractivity contribution is -0.120. The smallest absolute Gasteiger partial charge is 0.319 e. The van der Waals surface area contributed by atoms with Gasteiger partial charge in [0.1, 0.15) is 0 Å². The van der Waals surface area contributed by atoms with E-state index in [1.165, 1.54) is 0 Å². The summed E-state index contributed by atoms with van der Waals surface area (Å²) in [6.45, 7) is 4.39. The van der Waals surface area contributed by atoms with Gasteiger partial charge in [0, 0.05) is 10.6 Å². The maximum Gasteiger partial charge on any atom is 0.319 e. The van der Waals surface area contributed by atoms with Crippen LogP contribution >= 0.6 is 11.3 Å². The maximum atomic E-state index is 11.7. The summed E-state index contributed by atoms with van der Waals surface area (Å²) in [5.74, 6) is -0.216. The van der Waals surface area contributed by atoms with Crippen molar-refractivity contribution in [3.63, 3.8) is 0 Å². The zero-order chi connectivity index (χ0) is 15.9. The van der Waals surface area contributed by atoms with E-state index in [-0.39, 0.29) is 12.5 Å². The van der Waals surface area contributed by atoms with Gasteiger partial charge in [0.25, 0.3) is 0 Å². The molecular formula is C16H19N3O2S. The van der Waals surface area contributed by atoms with Crippen molar-refractivity contribution in [2.45, 2.75) is 20.4 Å². The molecule has 1 aromatic carbocycles. The number of hydrogen-bond donors (Lipinski definition) is 3. The van der Waals surface area contributed by atoms with Gasteiger partial charge in [-0.15, -0.1) is 11.3 Å². The lowest BCUT2D eigenvalue weighted by Gasteiger charge is -2.08. The number of rotatable bonds is 5. The summed E-state index contributed by atoms with van der Waals surface area (Å²) in [5.41, 5.74) is 2.92. The number of carbonyl (C=O) groups is 2. The largest absolute Gasteiger partial charge is 0.350 e. The number of carbonyl (C=O) groups excluding carboxylic acids is 2. The number of anilines is 1. The highest BCUT2D eigenvalue weighted by molar-refractivity contribution is 7.10. The fourth-order valence-corrected chi connectivity index (χ4v) is 2.73. The number of aryl methyl sites for hydroxylation is 2. The van der Waals surface area contributed by atoms with Gasteiger partial charge in [0.2, 0.25) is 5.91 Å². The molecule has 0 radical (unpaired) electrons. The number of urea groups is 1. The van der Waals surface area contributed by atoms with Crippen molar-refractivity contribution >= 4 is 29.0 Å². The summed E-state index contributed by atoms with van der Waals surface area (Å²) in [6, 6.07) is 9.09. The Morgan fingerprint density at radius 3 is 2.64 bits per heavy atom. The van der Waals surface area contributed by atoms with E-state index in [9.17, 15) is 9.59 Å². The van der Waals surface area contributed by atoms with E-state index in [1.54, 1.807) is 17.4 Å². The molecule has 2 rings (SSSR count). The van der Waals surface area contributed by atoms with E-state index in [4.69, 9.17) is 0 Å². The number of hydrogen-bond acceptors (Lipinski definition) is 3. The van der Waals surface area contributed by atoms with Crippen LogP contribution in [0.25, 0.3) is 0 Å². The van der Waals surface area contributed by atoms with Crippen LogP contribution in [-0.2, 0) is 11.3 Å². The third-order valence-electron chi connectivity index (χ3n) is 3.10. The molecule has 0 spiro atoms. The molecule has 0 saturated heterocycles. The second kappa shape index (κ2) is 7.61. The van der Waals surface area contributed by atoms with Crippen molar-refractivity contribution in [3.05, 3.63) is 51.7 Å². The second-order valence-electron chi connectivity index (χ2n) is 4.98. The molecule has 0 unspecified atom stereocenters. The van der Waals surface area contributed by atoms with Crippen molar-refractivity contribution in [1.82, 2.24) is 10.6 Å². The van der Waals surface area contributed by atoms with Crippen molar-refractivity contribution in [1.29, 1.82) is 0 Å². The number of thiophene rings is 1. The zero-order valence-electron chi connectivity index (χ0n) is 12.6. The standard InChI is InChI=1S/C16H19N3O2S/c1-11-4-3-5-13(8-11)19-16(21)18-10-15(20)17-9-14-12(2)6-7-22-14/h3-8H,9-10H2,1-2H3,(H,17,20)(H2,18,19,21). The van der Waals surface area contributed by atoms with E-state index >= 15 is 0 Å². The van der Waals surface area contributed by atoms with Gasteiger partial charge < -0.3 is 16.0 Å². The quantitative estimate of drug-likeness (QED) is 0.793. The Labute approximate surface area is 133 Å². The molecule has 5 nitrogen and oxygen atoms in total. The first-order valence-electron chi connectivity index (χ1n) is 6.96. The summed E-state index contributed by atoms with van der Waals surface area (Å²) >= 11 is 1.60. The van der Waals surface area contributed by atoms with Gasteiger partial charge >= 0.3 is 6.03 Å². The van der Waals surface area contributed by atoms with Crippen LogP contribution in [0.15, 0.2) is 35.7 Å². The molecule has 3 amide bonds. The maximum absolute atomic E-state index is 11.7. The van der Waals surface area contributed by atoms with Crippen LogP contribution in [-0.4, -0.2) is 18.5 Å². The van der Waals surface area contributed by atoms with Crippen LogP contribution in [0.1, 0.15) is 16.0 Å². The first kappa shape index (κ1) is 16.0. The summed E-state index contributed by atoms with van der Waals surface area (Å²) in [7, 11) is 0. The molecule has 22 heavy (non-hydrogen) atoms. The third-order valence-corrected chi connectivity index (χ3v) is 4.12. The molecule has 0 aliphatic rings. The highest BCUT2D eigenvalue weighted by atomic mass is 32.1. The van der Waals surface area contributed by atoms with E-state index in [1.807, 2.05) is 43.5 Å². The summed E-state index contributed by atoms with van der Waals surface area (Å²) < 4.78 is 0. The number of amides is 3. The van der Waals surface area contributed by atoms with Crippen molar-refractivity contribution in [2.75, 3.05) is 11.9 Å². The van der Waals surface area contributed by atoms with Crippen molar-refractivity contribution < 1.29 is 9.59 Å². The minimum atomic E-state index is -0.395. The second-order valence-corrected chi connectivity index (χ2v) is 5.98. The molecule has 2 aromatic rings. The Kier molecular flexibility index (Phi) is 5.55. The number of nitrogens with one attached hydrogen (secondary N) is 3. The van der Waals surface area contributed by atoms with Gasteiger partial charge in [-0.2, -0.15) is 0 Å². The molecule has 0 aliphatic carbocycles. The normalized spacial score (nSPS) is 10.1. The minimum Gasteiger partial charge on any atom is -0.350 e. The van der Waals surface area contributed by atoms with E-state index in [2.05, 4.69) is 16.0 Å². The Hall–Kier alpha value is -2.34. The van der Waals surface area contributed by atoms with E-state index in [0.717, 1.165) is 16.0 Å². The molecule has 116 valence electrons. The predicted molar refractivity (Wildman–Crippen MR) is 89.1 cm³/mol. The topological polar surface area (TPSA) is 70.2 Å². The van der Waals surface area contributed by atoms with Gasteiger partial charge in [0.05, 0.1) is 13.1 Å². The SMILES string of the molecule is Cc1cccc(NC(=O)NCC(=O)NCc2sccc2C)c1. The van der Waals surface area contributed by atoms with Gasteiger partial charge in [-0.3, -0.25) is 4.79 Å². The fourth-order valence-electron chi connectivity index (χ4n) is 1.89. The molecule has 3 N–H and O–H groups in total. The fraction of sp³-hybridized carbons (Fsp3) is 0.250. The molecule has 0 saturated carbocycles. The molecule has 1 heterocycles. The summed E-state index contributed by atoms with van der Waals surface area (Å²) in [4.78, 5) is 24.5. The number of benzene rings is 1. The Bertz CT molecular complexity index is 667. The first-order valence-corrected chi connectivity index (χ1v) is 7.84. The Morgan fingerprint density at radius 1 is 1.14 bits per heavy atom. The Morgan fingerprint density at radius 2 is 1.95 bits per heavy atom. The molecule has 6 heteroatoms. The van der Waals surface area contributed by atoms with Crippen LogP contribution in [0.3, 0.4) is 0 Å².